The largest absolute Gasteiger partial charge is 0.334 e. The highest BCUT2D eigenvalue weighted by Crippen LogP contribution is 2.19. The predicted octanol–water partition coefficient (Wildman–Crippen LogP) is 3.56. The quantitative estimate of drug-likeness (QED) is 0.783. The Bertz CT molecular complexity index is 419. The van der Waals surface area contributed by atoms with E-state index in [9.17, 15) is 4.79 Å². The molecule has 0 radical (unpaired) electrons. The van der Waals surface area contributed by atoms with Gasteiger partial charge in [0, 0.05) is 19.0 Å². The minimum Gasteiger partial charge on any atom is -0.334 e. The first-order valence-corrected chi connectivity index (χ1v) is 6.10. The molecule has 1 rings (SSSR count). The Balaban J connectivity index is 3.24. The predicted molar refractivity (Wildman–Crippen MR) is 72.4 cm³/mol. The van der Waals surface area contributed by atoms with Crippen LogP contribution in [0.15, 0.2) is 18.2 Å². The second-order valence-corrected chi connectivity index (χ2v) is 5.01. The van der Waals surface area contributed by atoms with Crippen LogP contribution >= 0.6 is 0 Å². The van der Waals surface area contributed by atoms with Crippen molar-refractivity contribution in [2.24, 2.45) is 0 Å². The van der Waals surface area contributed by atoms with E-state index in [4.69, 9.17) is 1.37 Å². The summed E-state index contributed by atoms with van der Waals surface area (Å²) in [7, 11) is 0. The van der Waals surface area contributed by atoms with Gasteiger partial charge in [0.05, 0.1) is 0 Å². The van der Waals surface area contributed by atoms with Crippen LogP contribution < -0.4 is 0 Å². The lowest BCUT2D eigenvalue weighted by atomic mass is 10.0. The molecule has 17 heavy (non-hydrogen) atoms. The summed E-state index contributed by atoms with van der Waals surface area (Å²) in [6.45, 7) is 10.2. The van der Waals surface area contributed by atoms with Crippen molar-refractivity contribution in [3.8, 4) is 0 Å². The molecule has 0 heterocycles. The molecule has 0 bridgehead atoms. The molecule has 1 aromatic carbocycles. The van der Waals surface area contributed by atoms with Gasteiger partial charge in [-0.3, -0.25) is 4.79 Å². The maximum Gasteiger partial charge on any atom is 0.254 e. The van der Waals surface area contributed by atoms with Crippen LogP contribution in [0, 0.1) is 13.8 Å². The van der Waals surface area contributed by atoms with E-state index >= 15 is 0 Å². The second kappa shape index (κ2) is 5.35. The van der Waals surface area contributed by atoms with Crippen LogP contribution in [0.3, 0.4) is 0 Å². The van der Waals surface area contributed by atoms with Crippen LogP contribution in [-0.4, -0.2) is 22.9 Å². The molecule has 0 N–H and O–H groups in total. The number of hydrogen-bond acceptors (Lipinski definition) is 1. The summed E-state index contributed by atoms with van der Waals surface area (Å²) in [5.74, 6) is 0.0420. The zero-order valence-corrected chi connectivity index (χ0v) is 11.4. The van der Waals surface area contributed by atoms with E-state index in [0.29, 0.717) is 5.56 Å². The monoisotopic (exact) mass is 234 g/mol. The Labute approximate surface area is 106 Å². The van der Waals surface area contributed by atoms with Crippen molar-refractivity contribution in [3.63, 3.8) is 0 Å². The van der Waals surface area contributed by atoms with E-state index < -0.39 is 0 Å². The lowest BCUT2D eigenvalue weighted by Gasteiger charge is -2.31. The van der Waals surface area contributed by atoms with Gasteiger partial charge in [0.15, 0.2) is 0 Å². The van der Waals surface area contributed by atoms with Gasteiger partial charge in [-0.15, -0.1) is 0 Å². The molecule has 94 valence electrons. The third-order valence-corrected chi connectivity index (χ3v) is 2.92. The van der Waals surface area contributed by atoms with Gasteiger partial charge in [0.1, 0.15) is 0 Å². The molecule has 0 aromatic heterocycles. The van der Waals surface area contributed by atoms with Crippen molar-refractivity contribution in [2.75, 3.05) is 0 Å². The number of amides is 1. The van der Waals surface area contributed by atoms with Crippen LogP contribution in [-0.2, 0) is 0 Å². The summed E-state index contributed by atoms with van der Waals surface area (Å²) in [6, 6.07) is 6.04. The average molecular weight is 234 g/mol. The first-order valence-electron chi connectivity index (χ1n) is 6.81. The van der Waals surface area contributed by atoms with Crippen LogP contribution in [0.1, 0.15) is 50.6 Å². The third-order valence-electron chi connectivity index (χ3n) is 2.92. The normalized spacial score (nSPS) is 11.8. The van der Waals surface area contributed by atoms with E-state index in [-0.39, 0.29) is 24.9 Å². The molecule has 0 unspecified atom stereocenters. The SMILES string of the molecule is [2H]Cc1cccc(C)c1C(=O)N(C(C)C)C(C)C. The van der Waals surface area contributed by atoms with E-state index in [2.05, 4.69) is 0 Å². The molecule has 0 aliphatic rings. The minimum atomic E-state index is 0.0420. The van der Waals surface area contributed by atoms with E-state index in [0.717, 1.165) is 11.1 Å². The minimum absolute atomic E-state index is 0.0420. The smallest absolute Gasteiger partial charge is 0.254 e. The summed E-state index contributed by atoms with van der Waals surface area (Å²) in [5.41, 5.74) is 2.47. The Kier molecular flexibility index (Phi) is 3.82. The number of carbonyl (C=O) groups excluding carboxylic acids is 1. The van der Waals surface area contributed by atoms with Crippen molar-refractivity contribution in [1.82, 2.24) is 4.90 Å². The van der Waals surface area contributed by atoms with Crippen LogP contribution in [0.5, 0.6) is 0 Å². The third kappa shape index (κ3) is 2.87. The average Bonchev–Trinajstić information content (AvgIpc) is 2.27. The maximum absolute atomic E-state index is 12.7. The molecule has 0 aliphatic carbocycles. The first-order chi connectivity index (χ1) is 8.40. The molecule has 2 heteroatoms. The van der Waals surface area contributed by atoms with E-state index in [1.807, 2.05) is 57.7 Å². The standard InChI is InChI=1S/C15H23NO/c1-10(2)16(11(3)4)15(17)14-12(5)8-7-9-13(14)6/h7-11H,1-6H3/i5D. The van der Waals surface area contributed by atoms with Gasteiger partial charge in [-0.2, -0.15) is 0 Å². The van der Waals surface area contributed by atoms with Crippen LogP contribution in [0.4, 0.5) is 0 Å². The molecule has 0 saturated carbocycles. The van der Waals surface area contributed by atoms with Gasteiger partial charge in [0.2, 0.25) is 0 Å². The summed E-state index contributed by atoms with van der Waals surface area (Å²) in [6.07, 6.45) is 0. The highest BCUT2D eigenvalue weighted by atomic mass is 16.2. The van der Waals surface area contributed by atoms with Crippen molar-refractivity contribution >= 4 is 5.91 Å². The molecular formula is C15H23NO. The highest BCUT2D eigenvalue weighted by molar-refractivity contribution is 5.97. The lowest BCUT2D eigenvalue weighted by molar-refractivity contribution is 0.0642. The molecular weight excluding hydrogens is 210 g/mol. The zero-order chi connectivity index (χ0) is 13.9. The Hall–Kier alpha value is -1.31. The number of benzene rings is 1. The number of aryl methyl sites for hydroxylation is 2. The fourth-order valence-corrected chi connectivity index (χ4v) is 2.23. The molecule has 0 saturated heterocycles. The van der Waals surface area contributed by atoms with E-state index in [1.165, 1.54) is 0 Å². The number of rotatable bonds is 3. The number of hydrogen-bond donors (Lipinski definition) is 0. The fraction of sp³-hybridized carbons (Fsp3) is 0.533. The summed E-state index contributed by atoms with van der Waals surface area (Å²) in [5, 5.41) is 0. The molecule has 0 atom stereocenters. The number of nitrogens with zero attached hydrogens (tertiary/aromatic N) is 1. The summed E-state index contributed by atoms with van der Waals surface area (Å²) < 4.78 is 7.56. The maximum atomic E-state index is 12.7. The Morgan fingerprint density at radius 1 is 1.18 bits per heavy atom. The summed E-state index contributed by atoms with van der Waals surface area (Å²) >= 11 is 0. The van der Waals surface area contributed by atoms with E-state index in [1.54, 1.807) is 0 Å². The molecule has 1 amide bonds. The molecule has 1 aromatic rings. The number of carbonyl (C=O) groups is 1. The highest BCUT2D eigenvalue weighted by Gasteiger charge is 2.23. The van der Waals surface area contributed by atoms with Gasteiger partial charge in [0.25, 0.3) is 5.91 Å². The Morgan fingerprint density at radius 2 is 1.71 bits per heavy atom. The van der Waals surface area contributed by atoms with Crippen molar-refractivity contribution < 1.29 is 6.17 Å². The van der Waals surface area contributed by atoms with Gasteiger partial charge in [-0.1, -0.05) is 18.2 Å². The van der Waals surface area contributed by atoms with Gasteiger partial charge < -0.3 is 4.90 Å². The Morgan fingerprint density at radius 3 is 2.18 bits per heavy atom. The van der Waals surface area contributed by atoms with Gasteiger partial charge in [-0.25, -0.2) is 0 Å². The molecule has 0 spiro atoms. The van der Waals surface area contributed by atoms with Crippen LogP contribution in [0.25, 0.3) is 0 Å². The van der Waals surface area contributed by atoms with Gasteiger partial charge in [-0.05, 0) is 52.6 Å². The second-order valence-electron chi connectivity index (χ2n) is 5.01. The van der Waals surface area contributed by atoms with Crippen molar-refractivity contribution in [1.29, 1.82) is 0 Å². The van der Waals surface area contributed by atoms with Crippen molar-refractivity contribution in [3.05, 3.63) is 34.9 Å². The summed E-state index contributed by atoms with van der Waals surface area (Å²) in [4.78, 5) is 14.5. The lowest BCUT2D eigenvalue weighted by Crippen LogP contribution is -2.42. The first kappa shape index (κ1) is 12.2. The topological polar surface area (TPSA) is 20.3 Å². The molecule has 0 aliphatic heterocycles. The van der Waals surface area contributed by atoms with Crippen LogP contribution in [0.2, 0.25) is 0 Å². The van der Waals surface area contributed by atoms with Gasteiger partial charge >= 0.3 is 0 Å². The zero-order valence-electron chi connectivity index (χ0n) is 12.4. The molecule has 2 nitrogen and oxygen atoms in total. The van der Waals surface area contributed by atoms with Crippen molar-refractivity contribution in [2.45, 2.75) is 53.6 Å². The fourth-order valence-electron chi connectivity index (χ4n) is 2.23. The molecule has 0 fully saturated rings.